The number of likely N-dealkylation sites (tertiary alicyclic amines) is 1. The summed E-state index contributed by atoms with van der Waals surface area (Å²) in [4.78, 5) is 6.90. The molecule has 0 amide bonds. The van der Waals surface area contributed by atoms with Crippen LogP contribution in [0.4, 0.5) is 0 Å². The Bertz CT molecular complexity index is 877. The van der Waals surface area contributed by atoms with Gasteiger partial charge in [-0.1, -0.05) is 0 Å². The molecular weight excluding hydrogens is 332 g/mol. The smallest absolute Gasteiger partial charge is 0.140 e. The average molecular weight is 356 g/mol. The monoisotopic (exact) mass is 356 g/mol. The molecule has 0 spiro atoms. The lowest BCUT2D eigenvalue weighted by Crippen LogP contribution is -2.38. The molecule has 132 valence electrons. The van der Waals surface area contributed by atoms with Gasteiger partial charge in [-0.15, -0.1) is 11.3 Å². The lowest BCUT2D eigenvalue weighted by atomic mass is 10.1. The second-order valence-electron chi connectivity index (χ2n) is 6.81. The van der Waals surface area contributed by atoms with E-state index in [1.165, 1.54) is 11.3 Å². The normalized spacial score (nSPS) is 16.6. The molecule has 25 heavy (non-hydrogen) atoms. The number of nitrogens with zero attached hydrogens (tertiary/aromatic N) is 4. The lowest BCUT2D eigenvalue weighted by Gasteiger charge is -2.32. The maximum absolute atomic E-state index is 6.30. The largest absolute Gasteiger partial charge is 0.489 e. The van der Waals surface area contributed by atoms with Crippen LogP contribution >= 0.6 is 11.3 Å². The number of pyridine rings is 1. The van der Waals surface area contributed by atoms with E-state index in [-0.39, 0.29) is 0 Å². The molecule has 5 nitrogen and oxygen atoms in total. The topological polar surface area (TPSA) is 43.2 Å². The van der Waals surface area contributed by atoms with Gasteiger partial charge in [-0.2, -0.15) is 5.10 Å². The molecule has 0 N–H and O–H groups in total. The van der Waals surface area contributed by atoms with E-state index < -0.39 is 0 Å². The molecule has 1 fully saturated rings. The predicted molar refractivity (Wildman–Crippen MR) is 101 cm³/mol. The Morgan fingerprint density at radius 2 is 2.04 bits per heavy atom. The first-order valence-electron chi connectivity index (χ1n) is 8.82. The fourth-order valence-corrected chi connectivity index (χ4v) is 4.38. The molecule has 0 unspecified atom stereocenters. The Hall–Kier alpha value is -1.92. The molecule has 0 atom stereocenters. The Morgan fingerprint density at radius 3 is 2.76 bits per heavy atom. The first kappa shape index (κ1) is 16.5. The van der Waals surface area contributed by atoms with E-state index in [9.17, 15) is 0 Å². The highest BCUT2D eigenvalue weighted by atomic mass is 32.1. The van der Waals surface area contributed by atoms with Gasteiger partial charge in [-0.05, 0) is 44.2 Å². The van der Waals surface area contributed by atoms with Crippen molar-refractivity contribution in [1.82, 2.24) is 19.7 Å². The van der Waals surface area contributed by atoms with Crippen LogP contribution < -0.4 is 4.74 Å². The minimum absolute atomic E-state index is 0.292. The summed E-state index contributed by atoms with van der Waals surface area (Å²) in [5.41, 5.74) is 4.82. The zero-order valence-electron chi connectivity index (χ0n) is 15.0. The Kier molecular flexibility index (Phi) is 4.48. The summed E-state index contributed by atoms with van der Waals surface area (Å²) in [6, 6.07) is 4.04. The van der Waals surface area contributed by atoms with Crippen molar-refractivity contribution in [3.63, 3.8) is 0 Å². The number of piperidine rings is 1. The van der Waals surface area contributed by atoms with Gasteiger partial charge in [-0.3, -0.25) is 14.6 Å². The molecule has 0 bridgehead atoms. The summed E-state index contributed by atoms with van der Waals surface area (Å²) >= 11 is 1.70. The van der Waals surface area contributed by atoms with E-state index in [4.69, 9.17) is 4.74 Å². The molecule has 0 radical (unpaired) electrons. The molecule has 4 rings (SSSR count). The first-order valence-corrected chi connectivity index (χ1v) is 9.70. The summed E-state index contributed by atoms with van der Waals surface area (Å²) in [5.74, 6) is 0.984. The number of aryl methyl sites for hydroxylation is 2. The number of hydrogen-bond donors (Lipinski definition) is 0. The van der Waals surface area contributed by atoms with Gasteiger partial charge >= 0.3 is 0 Å². The Balaban J connectivity index is 1.38. The van der Waals surface area contributed by atoms with Crippen molar-refractivity contribution in [3.05, 3.63) is 40.7 Å². The van der Waals surface area contributed by atoms with E-state index in [2.05, 4.69) is 34.2 Å². The molecule has 0 saturated carbocycles. The molecular formula is C19H24N4OS. The van der Waals surface area contributed by atoms with Crippen LogP contribution in [0.3, 0.4) is 0 Å². The van der Waals surface area contributed by atoms with Crippen molar-refractivity contribution >= 4 is 21.6 Å². The van der Waals surface area contributed by atoms with Gasteiger partial charge in [0.15, 0.2) is 0 Å². The van der Waals surface area contributed by atoms with Crippen LogP contribution in [0.15, 0.2) is 23.7 Å². The summed E-state index contributed by atoms with van der Waals surface area (Å²) in [6.45, 7) is 7.38. The summed E-state index contributed by atoms with van der Waals surface area (Å²) < 4.78 is 9.45. The van der Waals surface area contributed by atoms with Gasteiger partial charge in [0.2, 0.25) is 0 Å². The zero-order chi connectivity index (χ0) is 17.4. The third-order valence-corrected chi connectivity index (χ3v) is 6.09. The van der Waals surface area contributed by atoms with Crippen molar-refractivity contribution in [1.29, 1.82) is 0 Å². The summed E-state index contributed by atoms with van der Waals surface area (Å²) in [5, 5.41) is 6.61. The molecule has 3 aromatic rings. The first-order chi connectivity index (χ1) is 12.1. The Morgan fingerprint density at radius 1 is 1.24 bits per heavy atom. The van der Waals surface area contributed by atoms with Gasteiger partial charge in [0.25, 0.3) is 0 Å². The maximum Gasteiger partial charge on any atom is 0.140 e. The van der Waals surface area contributed by atoms with Crippen LogP contribution in [0.1, 0.15) is 29.8 Å². The van der Waals surface area contributed by atoms with Crippen LogP contribution in [-0.2, 0) is 13.6 Å². The fourth-order valence-electron chi connectivity index (χ4n) is 3.58. The van der Waals surface area contributed by atoms with Crippen molar-refractivity contribution < 1.29 is 4.74 Å². The predicted octanol–water partition coefficient (Wildman–Crippen LogP) is 3.69. The van der Waals surface area contributed by atoms with Gasteiger partial charge in [0.05, 0.1) is 15.9 Å². The minimum Gasteiger partial charge on any atom is -0.489 e. The van der Waals surface area contributed by atoms with Gasteiger partial charge in [-0.25, -0.2) is 0 Å². The molecule has 4 heterocycles. The SMILES string of the molecule is Cc1nn(C)c(C)c1CN1CCC(Oc2ccnc3ccsc23)CC1. The number of rotatable bonds is 4. The highest BCUT2D eigenvalue weighted by Gasteiger charge is 2.23. The van der Waals surface area contributed by atoms with E-state index in [1.807, 2.05) is 30.1 Å². The second kappa shape index (κ2) is 6.77. The van der Waals surface area contributed by atoms with E-state index in [0.29, 0.717) is 6.10 Å². The van der Waals surface area contributed by atoms with Crippen molar-refractivity contribution in [3.8, 4) is 5.75 Å². The number of ether oxygens (including phenoxy) is 1. The highest BCUT2D eigenvalue weighted by Crippen LogP contribution is 2.31. The maximum atomic E-state index is 6.30. The number of thiophene rings is 1. The fraction of sp³-hybridized carbons (Fsp3) is 0.474. The molecule has 6 heteroatoms. The van der Waals surface area contributed by atoms with Crippen LogP contribution in [0.5, 0.6) is 5.75 Å². The molecule has 1 saturated heterocycles. The number of fused-ring (bicyclic) bond motifs is 1. The standard InChI is InChI=1S/C19H24N4OS/c1-13-16(14(2)22(3)21-13)12-23-9-5-15(6-10-23)24-18-4-8-20-17-7-11-25-19(17)18/h4,7-8,11,15H,5-6,9-10,12H2,1-3H3. The second-order valence-corrected chi connectivity index (χ2v) is 7.73. The van der Waals surface area contributed by atoms with Crippen LogP contribution in [0.25, 0.3) is 10.2 Å². The summed E-state index contributed by atoms with van der Waals surface area (Å²) in [6.07, 6.45) is 4.26. The third-order valence-electron chi connectivity index (χ3n) is 5.18. The molecule has 0 aromatic carbocycles. The average Bonchev–Trinajstić information content (AvgIpc) is 3.18. The van der Waals surface area contributed by atoms with Gasteiger partial charge in [0, 0.05) is 44.1 Å². The van der Waals surface area contributed by atoms with Crippen molar-refractivity contribution in [2.45, 2.75) is 39.3 Å². The van der Waals surface area contributed by atoms with Crippen molar-refractivity contribution in [2.75, 3.05) is 13.1 Å². The Labute approximate surface area is 152 Å². The molecule has 1 aliphatic rings. The highest BCUT2D eigenvalue weighted by molar-refractivity contribution is 7.17. The van der Waals surface area contributed by atoms with E-state index >= 15 is 0 Å². The van der Waals surface area contributed by atoms with Gasteiger partial charge in [0.1, 0.15) is 11.9 Å². The van der Waals surface area contributed by atoms with E-state index in [0.717, 1.165) is 54.1 Å². The lowest BCUT2D eigenvalue weighted by molar-refractivity contribution is 0.0978. The third kappa shape index (κ3) is 3.28. The van der Waals surface area contributed by atoms with Crippen LogP contribution in [0, 0.1) is 13.8 Å². The quantitative estimate of drug-likeness (QED) is 0.715. The van der Waals surface area contributed by atoms with E-state index in [1.54, 1.807) is 11.3 Å². The van der Waals surface area contributed by atoms with Gasteiger partial charge < -0.3 is 4.74 Å². The molecule has 1 aliphatic heterocycles. The van der Waals surface area contributed by atoms with Crippen LogP contribution in [0.2, 0.25) is 0 Å². The zero-order valence-corrected chi connectivity index (χ0v) is 15.8. The minimum atomic E-state index is 0.292. The molecule has 0 aliphatic carbocycles. The molecule has 3 aromatic heterocycles. The number of hydrogen-bond acceptors (Lipinski definition) is 5. The van der Waals surface area contributed by atoms with Crippen LogP contribution in [-0.4, -0.2) is 38.9 Å². The summed E-state index contributed by atoms with van der Waals surface area (Å²) in [7, 11) is 2.02. The number of aromatic nitrogens is 3. The van der Waals surface area contributed by atoms with Crippen molar-refractivity contribution in [2.24, 2.45) is 7.05 Å².